The van der Waals surface area contributed by atoms with E-state index in [4.69, 9.17) is 9.47 Å². The minimum atomic E-state index is -3.88. The van der Waals surface area contributed by atoms with Crippen molar-refractivity contribution in [1.82, 2.24) is 9.62 Å². The van der Waals surface area contributed by atoms with E-state index < -0.39 is 10.0 Å². The summed E-state index contributed by atoms with van der Waals surface area (Å²) in [6.45, 7) is 2.33. The number of allylic oxidation sites excluding steroid dienone is 1. The maximum Gasteiger partial charge on any atom is 0.265 e. The molecular weight excluding hydrogens is 464 g/mol. The summed E-state index contributed by atoms with van der Waals surface area (Å²) in [7, 11) is -0.701. The summed E-state index contributed by atoms with van der Waals surface area (Å²) >= 11 is 0. The van der Waals surface area contributed by atoms with Gasteiger partial charge < -0.3 is 14.8 Å². The monoisotopic (exact) mass is 492 g/mol. The lowest BCUT2D eigenvalue weighted by atomic mass is 10.0. The summed E-state index contributed by atoms with van der Waals surface area (Å²) in [4.78, 5) is 13.8. The molecule has 8 heteroatoms. The third-order valence-electron chi connectivity index (χ3n) is 5.91. The molecule has 0 atom stereocenters. The van der Waals surface area contributed by atoms with E-state index in [1.165, 1.54) is 4.31 Å². The van der Waals surface area contributed by atoms with E-state index in [0.29, 0.717) is 41.3 Å². The van der Waals surface area contributed by atoms with E-state index in [1.807, 2.05) is 24.3 Å². The van der Waals surface area contributed by atoms with Crippen LogP contribution in [0.4, 0.5) is 0 Å². The van der Waals surface area contributed by atoms with Crippen LogP contribution in [0, 0.1) is 0 Å². The van der Waals surface area contributed by atoms with Gasteiger partial charge in [-0.1, -0.05) is 54.6 Å². The van der Waals surface area contributed by atoms with Crippen LogP contribution in [0.15, 0.2) is 83.4 Å². The molecule has 0 bridgehead atoms. The van der Waals surface area contributed by atoms with E-state index in [9.17, 15) is 13.2 Å². The van der Waals surface area contributed by atoms with Crippen molar-refractivity contribution >= 4 is 21.5 Å². The number of rotatable bonds is 9. The topological polar surface area (TPSA) is 84.9 Å². The SMILES string of the molecule is CCN1C(C(=O)c2ccccc2)=C(NCCc2ccc(OC)c(OC)c2)c2ccccc2S1(=O)=O. The second kappa shape index (κ2) is 10.2. The number of nitrogens with zero attached hydrogens (tertiary/aromatic N) is 1. The zero-order valence-corrected chi connectivity index (χ0v) is 20.8. The van der Waals surface area contributed by atoms with Gasteiger partial charge in [0.25, 0.3) is 10.0 Å². The van der Waals surface area contributed by atoms with Gasteiger partial charge in [-0.05, 0) is 37.1 Å². The molecule has 0 spiro atoms. The minimum absolute atomic E-state index is 0.129. The van der Waals surface area contributed by atoms with E-state index in [2.05, 4.69) is 5.32 Å². The number of hydrogen-bond acceptors (Lipinski definition) is 6. The van der Waals surface area contributed by atoms with Gasteiger partial charge in [-0.25, -0.2) is 8.42 Å². The summed E-state index contributed by atoms with van der Waals surface area (Å²) < 4.78 is 38.8. The molecule has 0 fully saturated rings. The molecule has 1 aliphatic rings. The zero-order chi connectivity index (χ0) is 25.0. The van der Waals surface area contributed by atoms with Gasteiger partial charge in [-0.2, -0.15) is 0 Å². The highest BCUT2D eigenvalue weighted by Crippen LogP contribution is 2.37. The van der Waals surface area contributed by atoms with Gasteiger partial charge in [0.05, 0.1) is 24.8 Å². The summed E-state index contributed by atoms with van der Waals surface area (Å²) in [6, 6.07) is 21.2. The van der Waals surface area contributed by atoms with Crippen LogP contribution in [0.25, 0.3) is 5.70 Å². The highest BCUT2D eigenvalue weighted by Gasteiger charge is 2.39. The summed E-state index contributed by atoms with van der Waals surface area (Å²) in [6.07, 6.45) is 0.623. The first-order chi connectivity index (χ1) is 16.9. The molecule has 1 N–H and O–H groups in total. The number of nitrogens with one attached hydrogen (secondary N) is 1. The number of benzene rings is 3. The standard InChI is InChI=1S/C27H28N2O5S/c1-4-29-26(27(30)20-10-6-5-7-11-20)25(21-12-8-9-13-24(21)35(29,31)32)28-17-16-19-14-15-22(33-2)23(18-19)34-3/h5-15,18,28H,4,16-17H2,1-3H3. The molecule has 0 aliphatic carbocycles. The van der Waals surface area contributed by atoms with E-state index in [1.54, 1.807) is 69.7 Å². The molecule has 35 heavy (non-hydrogen) atoms. The van der Waals surface area contributed by atoms with Crippen LogP contribution < -0.4 is 14.8 Å². The van der Waals surface area contributed by atoms with Crippen molar-refractivity contribution in [3.05, 3.63) is 95.2 Å². The lowest BCUT2D eigenvalue weighted by molar-refractivity contribution is 0.101. The Morgan fingerprint density at radius 1 is 0.914 bits per heavy atom. The van der Waals surface area contributed by atoms with Crippen molar-refractivity contribution in [2.75, 3.05) is 27.3 Å². The average Bonchev–Trinajstić information content (AvgIpc) is 2.89. The first kappa shape index (κ1) is 24.3. The number of likely N-dealkylation sites (N-methyl/N-ethyl adjacent to an activating group) is 1. The van der Waals surface area contributed by atoms with E-state index >= 15 is 0 Å². The second-order valence-electron chi connectivity index (χ2n) is 7.95. The average molecular weight is 493 g/mol. The number of fused-ring (bicyclic) bond motifs is 1. The van der Waals surface area contributed by atoms with Crippen LogP contribution in [0.2, 0.25) is 0 Å². The molecule has 1 aliphatic heterocycles. The molecule has 0 radical (unpaired) electrons. The van der Waals surface area contributed by atoms with Gasteiger partial charge in [0, 0.05) is 24.2 Å². The lowest BCUT2D eigenvalue weighted by Crippen LogP contribution is -2.40. The molecule has 0 unspecified atom stereocenters. The second-order valence-corrected chi connectivity index (χ2v) is 9.78. The molecule has 7 nitrogen and oxygen atoms in total. The highest BCUT2D eigenvalue weighted by molar-refractivity contribution is 7.89. The fourth-order valence-electron chi connectivity index (χ4n) is 4.22. The number of Topliss-reactive ketones (excluding diaryl/α,β-unsaturated/α-hetero) is 1. The summed E-state index contributed by atoms with van der Waals surface area (Å²) in [5.41, 5.74) is 2.56. The molecule has 4 rings (SSSR count). The van der Waals surface area contributed by atoms with Gasteiger partial charge in [-0.3, -0.25) is 9.10 Å². The van der Waals surface area contributed by atoms with Gasteiger partial charge in [0.1, 0.15) is 5.70 Å². The molecular formula is C27H28N2O5S. The number of methoxy groups -OCH3 is 2. The Morgan fingerprint density at radius 3 is 2.29 bits per heavy atom. The van der Waals surface area contributed by atoms with Crippen molar-refractivity contribution in [2.24, 2.45) is 0 Å². The fraction of sp³-hybridized carbons (Fsp3) is 0.222. The van der Waals surface area contributed by atoms with Gasteiger partial charge in [0.15, 0.2) is 11.5 Å². The van der Waals surface area contributed by atoms with Gasteiger partial charge in [-0.15, -0.1) is 0 Å². The Kier molecular flexibility index (Phi) is 7.12. The molecule has 0 saturated carbocycles. The third kappa shape index (κ3) is 4.61. The first-order valence-corrected chi connectivity index (χ1v) is 12.8. The van der Waals surface area contributed by atoms with Crippen molar-refractivity contribution in [3.8, 4) is 11.5 Å². The summed E-state index contributed by atoms with van der Waals surface area (Å²) in [5.74, 6) is 0.933. The fourth-order valence-corrected chi connectivity index (χ4v) is 5.91. The number of carbonyl (C=O) groups is 1. The van der Waals surface area contributed by atoms with Crippen LogP contribution >= 0.6 is 0 Å². The molecule has 0 amide bonds. The van der Waals surface area contributed by atoms with Gasteiger partial charge >= 0.3 is 0 Å². The lowest BCUT2D eigenvalue weighted by Gasteiger charge is -2.33. The molecule has 182 valence electrons. The maximum atomic E-state index is 13.6. The maximum absolute atomic E-state index is 13.6. The zero-order valence-electron chi connectivity index (χ0n) is 19.9. The Labute approximate surface area is 206 Å². The number of carbonyl (C=O) groups excluding carboxylic acids is 1. The quantitative estimate of drug-likeness (QED) is 0.453. The van der Waals surface area contributed by atoms with Crippen LogP contribution in [-0.4, -0.2) is 45.8 Å². The normalized spacial score (nSPS) is 14.3. The summed E-state index contributed by atoms with van der Waals surface area (Å²) in [5, 5.41) is 3.38. The number of sulfonamides is 1. The third-order valence-corrected chi connectivity index (χ3v) is 7.85. The molecule has 1 heterocycles. The minimum Gasteiger partial charge on any atom is -0.493 e. The number of ketones is 1. The molecule has 0 aromatic heterocycles. The Bertz CT molecular complexity index is 1370. The smallest absolute Gasteiger partial charge is 0.265 e. The largest absolute Gasteiger partial charge is 0.493 e. The van der Waals surface area contributed by atoms with E-state index in [-0.39, 0.29) is 22.9 Å². The molecule has 3 aromatic rings. The van der Waals surface area contributed by atoms with Gasteiger partial charge in [0.2, 0.25) is 5.78 Å². The van der Waals surface area contributed by atoms with Crippen molar-refractivity contribution in [3.63, 3.8) is 0 Å². The molecule has 0 saturated heterocycles. The van der Waals surface area contributed by atoms with Crippen molar-refractivity contribution in [2.45, 2.75) is 18.2 Å². The van der Waals surface area contributed by atoms with Crippen LogP contribution in [0.5, 0.6) is 11.5 Å². The number of hydrogen-bond donors (Lipinski definition) is 1. The first-order valence-electron chi connectivity index (χ1n) is 11.3. The predicted octanol–water partition coefficient (Wildman–Crippen LogP) is 4.11. The Morgan fingerprint density at radius 2 is 1.60 bits per heavy atom. The van der Waals surface area contributed by atoms with E-state index in [0.717, 1.165) is 5.56 Å². The van der Waals surface area contributed by atoms with Crippen LogP contribution in [0.1, 0.15) is 28.4 Å². The molecule has 3 aromatic carbocycles. The number of ether oxygens (including phenoxy) is 2. The van der Waals surface area contributed by atoms with Crippen molar-refractivity contribution in [1.29, 1.82) is 0 Å². The Balaban J connectivity index is 1.75. The van der Waals surface area contributed by atoms with Crippen molar-refractivity contribution < 1.29 is 22.7 Å². The highest BCUT2D eigenvalue weighted by atomic mass is 32.2. The predicted molar refractivity (Wildman–Crippen MR) is 135 cm³/mol. The Hall–Kier alpha value is -3.78. The van der Waals surface area contributed by atoms with Crippen LogP contribution in [-0.2, 0) is 16.4 Å². The van der Waals surface area contributed by atoms with Crippen LogP contribution in [0.3, 0.4) is 0 Å².